The van der Waals surface area contributed by atoms with Crippen molar-refractivity contribution >= 4 is 12.7 Å². The van der Waals surface area contributed by atoms with Crippen LogP contribution in [-0.4, -0.2) is 21.7 Å². The van der Waals surface area contributed by atoms with Gasteiger partial charge in [0.25, 0.3) is 0 Å². The van der Waals surface area contributed by atoms with Gasteiger partial charge in [0.15, 0.2) is 5.69 Å². The molecule has 0 fully saturated rings. The maximum Gasteiger partial charge on any atom is 0.427 e. The first-order valence-electron chi connectivity index (χ1n) is 5.86. The lowest BCUT2D eigenvalue weighted by Gasteiger charge is -1.98. The summed E-state index contributed by atoms with van der Waals surface area (Å²) in [6.07, 6.45) is 0. The van der Waals surface area contributed by atoms with Gasteiger partial charge in [-0.3, -0.25) is 0 Å². The van der Waals surface area contributed by atoms with Crippen LogP contribution in [0.1, 0.15) is 0 Å². The van der Waals surface area contributed by atoms with Crippen LogP contribution in [0.5, 0.6) is 0 Å². The van der Waals surface area contributed by atoms with Crippen LogP contribution in [0.15, 0.2) is 65.7 Å². The number of rotatable bonds is 3. The molecule has 0 unspecified atom stereocenters. The van der Waals surface area contributed by atoms with Crippen molar-refractivity contribution in [1.82, 2.24) is 15.0 Å². The normalized spacial score (nSPS) is 10.3. The third kappa shape index (κ3) is 2.13. The minimum absolute atomic E-state index is 0.340. The SMILES string of the molecule is C=Nc1nn(-c2ccccc2)[n+](-c2ccccc2)n1. The molecule has 0 aliphatic rings. The highest BCUT2D eigenvalue weighted by Crippen LogP contribution is 2.07. The Kier molecular flexibility index (Phi) is 2.86. The van der Waals surface area contributed by atoms with Crippen molar-refractivity contribution in [3.05, 3.63) is 60.7 Å². The number of benzene rings is 2. The Balaban J connectivity index is 2.19. The highest BCUT2D eigenvalue weighted by Gasteiger charge is 2.20. The smallest absolute Gasteiger partial charge is 0.199 e. The Morgan fingerprint density at radius 2 is 1.58 bits per heavy atom. The van der Waals surface area contributed by atoms with E-state index < -0.39 is 0 Å². The van der Waals surface area contributed by atoms with E-state index in [2.05, 4.69) is 21.9 Å². The molecule has 2 aromatic carbocycles. The monoisotopic (exact) mass is 250 g/mol. The van der Waals surface area contributed by atoms with Crippen LogP contribution in [0.2, 0.25) is 0 Å². The van der Waals surface area contributed by atoms with Crippen LogP contribution < -0.4 is 4.80 Å². The predicted molar refractivity (Wildman–Crippen MR) is 72.1 cm³/mol. The van der Waals surface area contributed by atoms with Crippen LogP contribution in [0.3, 0.4) is 0 Å². The zero-order valence-electron chi connectivity index (χ0n) is 10.2. The molecular weight excluding hydrogens is 238 g/mol. The quantitative estimate of drug-likeness (QED) is 0.526. The van der Waals surface area contributed by atoms with Crippen LogP contribution >= 0.6 is 0 Å². The number of aromatic nitrogens is 4. The van der Waals surface area contributed by atoms with Crippen molar-refractivity contribution in [2.45, 2.75) is 0 Å². The molecule has 3 rings (SSSR count). The molecule has 0 saturated carbocycles. The van der Waals surface area contributed by atoms with E-state index in [0.717, 1.165) is 11.4 Å². The number of tetrazole rings is 1. The Hall–Kier alpha value is -2.82. The fraction of sp³-hybridized carbons (Fsp3) is 0. The highest BCUT2D eigenvalue weighted by molar-refractivity contribution is 5.34. The van der Waals surface area contributed by atoms with Crippen molar-refractivity contribution in [2.75, 3.05) is 0 Å². The summed E-state index contributed by atoms with van der Waals surface area (Å²) in [6.45, 7) is 3.47. The fourth-order valence-electron chi connectivity index (χ4n) is 1.79. The largest absolute Gasteiger partial charge is 0.427 e. The Morgan fingerprint density at radius 1 is 0.947 bits per heavy atom. The summed E-state index contributed by atoms with van der Waals surface area (Å²) in [5.74, 6) is 0.340. The second kappa shape index (κ2) is 4.81. The van der Waals surface area contributed by atoms with Crippen molar-refractivity contribution in [3.8, 4) is 11.4 Å². The Morgan fingerprint density at radius 3 is 2.21 bits per heavy atom. The number of aliphatic imine (C=N–C) groups is 1. The van der Waals surface area contributed by atoms with Gasteiger partial charge in [0.1, 0.15) is 5.69 Å². The van der Waals surface area contributed by atoms with Crippen molar-refractivity contribution < 1.29 is 4.80 Å². The summed E-state index contributed by atoms with van der Waals surface area (Å²) in [4.78, 5) is 7.18. The molecule has 0 aliphatic heterocycles. The van der Waals surface area contributed by atoms with E-state index in [-0.39, 0.29) is 0 Å². The molecule has 5 nitrogen and oxygen atoms in total. The van der Waals surface area contributed by atoms with Crippen molar-refractivity contribution in [1.29, 1.82) is 0 Å². The molecule has 92 valence electrons. The molecule has 0 radical (unpaired) electrons. The molecule has 1 aromatic heterocycles. The van der Waals surface area contributed by atoms with Gasteiger partial charge in [-0.1, -0.05) is 36.4 Å². The molecule has 0 N–H and O–H groups in total. The summed E-state index contributed by atoms with van der Waals surface area (Å²) in [5.41, 5.74) is 1.82. The van der Waals surface area contributed by atoms with Crippen molar-refractivity contribution in [3.63, 3.8) is 0 Å². The minimum Gasteiger partial charge on any atom is -0.199 e. The third-order valence-electron chi connectivity index (χ3n) is 2.66. The van der Waals surface area contributed by atoms with Gasteiger partial charge in [0, 0.05) is 9.90 Å². The van der Waals surface area contributed by atoms with Gasteiger partial charge in [0.05, 0.1) is 5.10 Å². The summed E-state index contributed by atoms with van der Waals surface area (Å²) >= 11 is 0. The highest BCUT2D eigenvalue weighted by atomic mass is 15.7. The molecule has 0 aliphatic carbocycles. The summed E-state index contributed by atoms with van der Waals surface area (Å²) < 4.78 is 0. The molecule has 0 atom stereocenters. The van der Waals surface area contributed by atoms with Gasteiger partial charge in [-0.05, 0) is 35.8 Å². The lowest BCUT2D eigenvalue weighted by molar-refractivity contribution is -0.734. The summed E-state index contributed by atoms with van der Waals surface area (Å²) in [6, 6.07) is 19.6. The Bertz CT molecular complexity index is 631. The molecular formula is C14H12N5+. The van der Waals surface area contributed by atoms with E-state index in [4.69, 9.17) is 0 Å². The van der Waals surface area contributed by atoms with Gasteiger partial charge in [-0.15, -0.1) is 0 Å². The summed E-state index contributed by atoms with van der Waals surface area (Å²) in [7, 11) is 0. The van der Waals surface area contributed by atoms with Crippen LogP contribution in [0, 0.1) is 0 Å². The van der Waals surface area contributed by atoms with E-state index in [0.29, 0.717) is 5.95 Å². The third-order valence-corrected chi connectivity index (χ3v) is 2.66. The standard InChI is InChI=1S/C14H12N5/c1-15-14-16-18(12-8-4-2-5-9-12)19(17-14)13-10-6-3-7-11-13/h2-11H,1H2/q+1. The number of hydrogen-bond donors (Lipinski definition) is 0. The zero-order valence-corrected chi connectivity index (χ0v) is 10.2. The minimum atomic E-state index is 0.340. The fourth-order valence-corrected chi connectivity index (χ4v) is 1.79. The van der Waals surface area contributed by atoms with E-state index in [1.54, 1.807) is 9.59 Å². The molecule has 3 aromatic rings. The molecule has 19 heavy (non-hydrogen) atoms. The van der Waals surface area contributed by atoms with E-state index in [9.17, 15) is 0 Å². The maximum atomic E-state index is 4.31. The average molecular weight is 250 g/mol. The van der Waals surface area contributed by atoms with Gasteiger partial charge in [-0.25, -0.2) is 0 Å². The van der Waals surface area contributed by atoms with Crippen LogP contribution in [0.25, 0.3) is 11.4 Å². The number of para-hydroxylation sites is 2. The summed E-state index contributed by atoms with van der Waals surface area (Å²) in [5, 5.41) is 8.63. The molecule has 0 bridgehead atoms. The average Bonchev–Trinajstić information content (AvgIpc) is 2.93. The zero-order chi connectivity index (χ0) is 13.1. The lowest BCUT2D eigenvalue weighted by Crippen LogP contribution is -2.43. The maximum absolute atomic E-state index is 4.31. The first-order chi connectivity index (χ1) is 9.38. The molecule has 0 amide bonds. The van der Waals surface area contributed by atoms with E-state index in [1.165, 1.54) is 0 Å². The van der Waals surface area contributed by atoms with Crippen LogP contribution in [0.4, 0.5) is 5.95 Å². The van der Waals surface area contributed by atoms with Gasteiger partial charge in [-0.2, -0.15) is 4.99 Å². The molecule has 1 heterocycles. The van der Waals surface area contributed by atoms with E-state index in [1.807, 2.05) is 60.7 Å². The number of hydrogen-bond acceptors (Lipinski definition) is 3. The molecule has 0 spiro atoms. The predicted octanol–water partition coefficient (Wildman–Crippen LogP) is 1.88. The van der Waals surface area contributed by atoms with Crippen molar-refractivity contribution in [2.24, 2.45) is 4.99 Å². The van der Waals surface area contributed by atoms with Crippen LogP contribution in [-0.2, 0) is 0 Å². The first kappa shape index (κ1) is 11.3. The Labute approximate surface area is 110 Å². The number of nitrogens with zero attached hydrogens (tertiary/aromatic N) is 5. The lowest BCUT2D eigenvalue weighted by atomic mass is 10.3. The van der Waals surface area contributed by atoms with Gasteiger partial charge in [0.2, 0.25) is 0 Å². The van der Waals surface area contributed by atoms with Gasteiger partial charge < -0.3 is 0 Å². The molecule has 5 heteroatoms. The second-order valence-corrected chi connectivity index (χ2v) is 3.91. The first-order valence-corrected chi connectivity index (χ1v) is 5.86. The molecule has 0 saturated heterocycles. The van der Waals surface area contributed by atoms with E-state index >= 15 is 0 Å². The second-order valence-electron chi connectivity index (χ2n) is 3.91. The van der Waals surface area contributed by atoms with Gasteiger partial charge >= 0.3 is 5.95 Å². The topological polar surface area (TPSA) is 47.0 Å².